The Morgan fingerprint density at radius 2 is 2.07 bits per heavy atom. The summed E-state index contributed by atoms with van der Waals surface area (Å²) in [5.74, 6) is 0.522. The maximum atomic E-state index is 11.8. The third kappa shape index (κ3) is 3.43. The predicted octanol–water partition coefficient (Wildman–Crippen LogP) is 3.26. The van der Waals surface area contributed by atoms with Crippen LogP contribution in [0.3, 0.4) is 0 Å². The molecule has 6 nitrogen and oxygen atoms in total. The Morgan fingerprint density at radius 3 is 2.85 bits per heavy atom. The van der Waals surface area contributed by atoms with Crippen molar-refractivity contribution in [2.75, 3.05) is 18.0 Å². The van der Waals surface area contributed by atoms with Crippen LogP contribution >= 0.6 is 0 Å². The van der Waals surface area contributed by atoms with E-state index in [-0.39, 0.29) is 0 Å². The Bertz CT molecular complexity index is 947. The lowest BCUT2D eigenvalue weighted by atomic mass is 9.90. The molecule has 138 valence electrons. The van der Waals surface area contributed by atoms with Gasteiger partial charge in [-0.2, -0.15) is 5.10 Å². The van der Waals surface area contributed by atoms with E-state index in [2.05, 4.69) is 51.3 Å². The number of nitrogens with two attached hydrogens (primary N) is 1. The van der Waals surface area contributed by atoms with Crippen LogP contribution in [-0.2, 0) is 0 Å². The number of carbonyl (C=O) groups is 1. The third-order valence-corrected chi connectivity index (χ3v) is 5.21. The zero-order valence-electron chi connectivity index (χ0n) is 15.4. The minimum absolute atomic E-state index is 0.292. The van der Waals surface area contributed by atoms with Crippen molar-refractivity contribution in [3.8, 4) is 11.1 Å². The number of benzene rings is 1. The summed E-state index contributed by atoms with van der Waals surface area (Å²) in [7, 11) is 0. The number of primary amides is 1. The number of aromatic amines is 1. The van der Waals surface area contributed by atoms with Gasteiger partial charge in [0.25, 0.3) is 5.91 Å². The van der Waals surface area contributed by atoms with Gasteiger partial charge in [0.2, 0.25) is 0 Å². The van der Waals surface area contributed by atoms with Crippen LogP contribution in [0.15, 0.2) is 48.8 Å². The number of H-pyrrole nitrogens is 1. The maximum absolute atomic E-state index is 11.8. The minimum Gasteiger partial charge on any atom is -0.365 e. The molecule has 0 saturated carbocycles. The van der Waals surface area contributed by atoms with Crippen molar-refractivity contribution in [1.29, 1.82) is 0 Å². The van der Waals surface area contributed by atoms with Crippen LogP contribution in [0.25, 0.3) is 11.1 Å². The normalized spacial score (nSPS) is 17.1. The fraction of sp³-hybridized carbons (Fsp3) is 0.286. The first-order valence-electron chi connectivity index (χ1n) is 9.23. The van der Waals surface area contributed by atoms with Crippen LogP contribution in [0.4, 0.5) is 5.82 Å². The highest BCUT2D eigenvalue weighted by atomic mass is 16.1. The van der Waals surface area contributed by atoms with Gasteiger partial charge in [-0.1, -0.05) is 29.8 Å². The molecular weight excluding hydrogens is 338 g/mol. The van der Waals surface area contributed by atoms with Crippen LogP contribution in [0.2, 0.25) is 0 Å². The van der Waals surface area contributed by atoms with Gasteiger partial charge in [0.05, 0.1) is 11.8 Å². The number of anilines is 1. The largest absolute Gasteiger partial charge is 0.365 e. The van der Waals surface area contributed by atoms with Crippen LogP contribution in [-0.4, -0.2) is 34.2 Å². The number of hydrogen-bond acceptors (Lipinski definition) is 4. The number of nitrogens with one attached hydrogen (secondary N) is 1. The van der Waals surface area contributed by atoms with E-state index in [1.807, 2.05) is 6.20 Å². The molecule has 0 unspecified atom stereocenters. The van der Waals surface area contributed by atoms with Gasteiger partial charge >= 0.3 is 0 Å². The standard InChI is InChI=1S/C21H23N5O/c1-14-6-8-15(9-7-14)18-12-24-25-19(18)16-4-3-11-26(13-16)21-17(20(22)27)5-2-10-23-21/h2,5-10,12,16H,3-4,11,13H2,1H3,(H2,22,27)(H,24,25)/t16-/m1/s1. The fourth-order valence-corrected chi connectivity index (χ4v) is 3.82. The number of carbonyl (C=O) groups excluding carboxylic acids is 1. The second kappa shape index (κ2) is 7.23. The van der Waals surface area contributed by atoms with E-state index in [1.54, 1.807) is 18.3 Å². The lowest BCUT2D eigenvalue weighted by Crippen LogP contribution is -2.36. The van der Waals surface area contributed by atoms with Crippen LogP contribution in [0.5, 0.6) is 0 Å². The zero-order chi connectivity index (χ0) is 18.8. The van der Waals surface area contributed by atoms with E-state index in [0.717, 1.165) is 42.8 Å². The van der Waals surface area contributed by atoms with Crippen molar-refractivity contribution in [1.82, 2.24) is 15.2 Å². The Balaban J connectivity index is 1.63. The van der Waals surface area contributed by atoms with Gasteiger partial charge in [-0.3, -0.25) is 9.89 Å². The highest BCUT2D eigenvalue weighted by Gasteiger charge is 2.27. The van der Waals surface area contributed by atoms with Crippen molar-refractivity contribution < 1.29 is 4.79 Å². The van der Waals surface area contributed by atoms with Gasteiger partial charge in [0, 0.05) is 36.5 Å². The second-order valence-corrected chi connectivity index (χ2v) is 7.09. The molecule has 3 aromatic rings. The summed E-state index contributed by atoms with van der Waals surface area (Å²) in [6.07, 6.45) is 5.69. The molecule has 0 radical (unpaired) electrons. The zero-order valence-corrected chi connectivity index (χ0v) is 15.4. The first-order chi connectivity index (χ1) is 13.1. The number of rotatable bonds is 4. The lowest BCUT2D eigenvalue weighted by molar-refractivity contribution is 0.100. The molecule has 2 aromatic heterocycles. The highest BCUT2D eigenvalue weighted by molar-refractivity contribution is 5.97. The Morgan fingerprint density at radius 1 is 1.26 bits per heavy atom. The molecule has 0 aliphatic carbocycles. The average Bonchev–Trinajstić information content (AvgIpc) is 3.18. The molecule has 27 heavy (non-hydrogen) atoms. The molecule has 0 bridgehead atoms. The van der Waals surface area contributed by atoms with Gasteiger partial charge in [-0.05, 0) is 37.5 Å². The quantitative estimate of drug-likeness (QED) is 0.746. The van der Waals surface area contributed by atoms with Gasteiger partial charge in [0.1, 0.15) is 5.82 Å². The molecule has 1 aliphatic rings. The van der Waals surface area contributed by atoms with Crippen LogP contribution in [0, 0.1) is 6.92 Å². The van der Waals surface area contributed by atoms with Gasteiger partial charge in [-0.25, -0.2) is 4.98 Å². The molecule has 1 aromatic carbocycles. The van der Waals surface area contributed by atoms with Gasteiger partial charge in [0.15, 0.2) is 0 Å². The summed E-state index contributed by atoms with van der Waals surface area (Å²) in [4.78, 5) is 18.4. The number of piperidine rings is 1. The van der Waals surface area contributed by atoms with Crippen molar-refractivity contribution in [3.05, 3.63) is 65.6 Å². The molecule has 6 heteroatoms. The fourth-order valence-electron chi connectivity index (χ4n) is 3.82. The van der Waals surface area contributed by atoms with E-state index in [0.29, 0.717) is 17.3 Å². The summed E-state index contributed by atoms with van der Waals surface area (Å²) in [6, 6.07) is 12.0. The molecule has 1 aliphatic heterocycles. The molecule has 1 atom stereocenters. The third-order valence-electron chi connectivity index (χ3n) is 5.21. The maximum Gasteiger partial charge on any atom is 0.252 e. The van der Waals surface area contributed by atoms with Gasteiger partial charge in [-0.15, -0.1) is 0 Å². The van der Waals surface area contributed by atoms with Gasteiger partial charge < -0.3 is 10.6 Å². The number of nitrogens with zero attached hydrogens (tertiary/aromatic N) is 3. The monoisotopic (exact) mass is 361 g/mol. The lowest BCUT2D eigenvalue weighted by Gasteiger charge is -2.34. The smallest absolute Gasteiger partial charge is 0.252 e. The van der Waals surface area contributed by atoms with E-state index < -0.39 is 5.91 Å². The number of amides is 1. The first-order valence-corrected chi connectivity index (χ1v) is 9.23. The Hall–Kier alpha value is -3.15. The Kier molecular flexibility index (Phi) is 4.62. The van der Waals surface area contributed by atoms with E-state index in [1.165, 1.54) is 5.56 Å². The van der Waals surface area contributed by atoms with E-state index in [9.17, 15) is 4.79 Å². The molecule has 3 heterocycles. The number of aryl methyl sites for hydroxylation is 1. The minimum atomic E-state index is -0.442. The summed E-state index contributed by atoms with van der Waals surface area (Å²) in [5, 5.41) is 7.52. The summed E-state index contributed by atoms with van der Waals surface area (Å²) >= 11 is 0. The van der Waals surface area contributed by atoms with Crippen molar-refractivity contribution in [2.45, 2.75) is 25.7 Å². The van der Waals surface area contributed by atoms with Crippen molar-refractivity contribution >= 4 is 11.7 Å². The second-order valence-electron chi connectivity index (χ2n) is 7.09. The molecular formula is C21H23N5O. The predicted molar refractivity (Wildman–Crippen MR) is 106 cm³/mol. The SMILES string of the molecule is Cc1ccc(-c2cn[nH]c2[C@@H]2CCCN(c3ncccc3C(N)=O)C2)cc1. The van der Waals surface area contributed by atoms with Crippen LogP contribution < -0.4 is 10.6 Å². The summed E-state index contributed by atoms with van der Waals surface area (Å²) in [5.41, 5.74) is 10.7. The summed E-state index contributed by atoms with van der Waals surface area (Å²) in [6.45, 7) is 3.72. The Labute approximate surface area is 158 Å². The summed E-state index contributed by atoms with van der Waals surface area (Å²) < 4.78 is 0. The van der Waals surface area contributed by atoms with E-state index >= 15 is 0 Å². The molecule has 1 saturated heterocycles. The number of hydrogen-bond donors (Lipinski definition) is 2. The average molecular weight is 361 g/mol. The molecule has 1 amide bonds. The van der Waals surface area contributed by atoms with Crippen molar-refractivity contribution in [2.24, 2.45) is 5.73 Å². The van der Waals surface area contributed by atoms with E-state index in [4.69, 9.17) is 5.73 Å². The van der Waals surface area contributed by atoms with Crippen LogP contribution in [0.1, 0.15) is 40.4 Å². The molecule has 0 spiro atoms. The number of pyridine rings is 1. The highest BCUT2D eigenvalue weighted by Crippen LogP contribution is 2.34. The van der Waals surface area contributed by atoms with Crippen molar-refractivity contribution in [3.63, 3.8) is 0 Å². The number of aromatic nitrogens is 3. The molecule has 4 rings (SSSR count). The molecule has 1 fully saturated rings. The molecule has 3 N–H and O–H groups in total. The first kappa shape index (κ1) is 17.3. The topological polar surface area (TPSA) is 87.9 Å².